The number of carbonyl (C=O) groups is 1. The molecule has 1 aliphatic rings. The summed E-state index contributed by atoms with van der Waals surface area (Å²) in [5.41, 5.74) is 4.21. The van der Waals surface area contributed by atoms with Crippen LogP contribution in [-0.2, 0) is 4.79 Å². The van der Waals surface area contributed by atoms with Gasteiger partial charge in [-0.15, -0.1) is 0 Å². The van der Waals surface area contributed by atoms with Crippen LogP contribution in [0.25, 0.3) is 11.3 Å². The van der Waals surface area contributed by atoms with E-state index in [-0.39, 0.29) is 5.91 Å². The number of nitrogens with zero attached hydrogens (tertiary/aromatic N) is 1. The highest BCUT2D eigenvalue weighted by atomic mass is 16.5. The summed E-state index contributed by atoms with van der Waals surface area (Å²) in [6, 6.07) is 18.0. The summed E-state index contributed by atoms with van der Waals surface area (Å²) in [5.74, 6) is 0.841. The van der Waals surface area contributed by atoms with Crippen LogP contribution in [0.1, 0.15) is 18.1 Å². The number of allylic oxidation sites excluding steroid dienone is 2. The largest absolute Gasteiger partial charge is 0.497 e. The summed E-state index contributed by atoms with van der Waals surface area (Å²) in [7, 11) is 1.65. The van der Waals surface area contributed by atoms with E-state index < -0.39 is 0 Å². The van der Waals surface area contributed by atoms with Gasteiger partial charge in [0.05, 0.1) is 12.8 Å². The molecule has 0 atom stereocenters. The summed E-state index contributed by atoms with van der Waals surface area (Å²) >= 11 is 0. The predicted molar refractivity (Wildman–Crippen MR) is 92.8 cm³/mol. The second-order valence-electron chi connectivity index (χ2n) is 5.41. The number of hydrogen-bond acceptors (Lipinski definition) is 2. The van der Waals surface area contributed by atoms with Crippen molar-refractivity contribution in [3.8, 4) is 5.75 Å². The van der Waals surface area contributed by atoms with Crippen LogP contribution in [0.15, 0.2) is 66.7 Å². The number of amides is 1. The van der Waals surface area contributed by atoms with E-state index >= 15 is 0 Å². The molecule has 0 N–H and O–H groups in total. The van der Waals surface area contributed by atoms with Gasteiger partial charge >= 0.3 is 0 Å². The maximum absolute atomic E-state index is 12.0. The molecular weight excluding hydrogens is 286 g/mol. The first kappa shape index (κ1) is 15.1. The molecule has 1 amide bonds. The Bertz CT molecular complexity index is 758. The van der Waals surface area contributed by atoms with Gasteiger partial charge in [-0.3, -0.25) is 4.79 Å². The minimum Gasteiger partial charge on any atom is -0.497 e. The molecular formula is C20H19NO2. The summed E-state index contributed by atoms with van der Waals surface area (Å²) in [6.45, 7) is 2.18. The zero-order valence-corrected chi connectivity index (χ0v) is 13.3. The Labute approximate surface area is 136 Å². The first-order valence-electron chi connectivity index (χ1n) is 7.59. The van der Waals surface area contributed by atoms with E-state index in [9.17, 15) is 4.79 Å². The lowest BCUT2D eigenvalue weighted by molar-refractivity contribution is -0.125. The molecule has 0 aliphatic carbocycles. The lowest BCUT2D eigenvalue weighted by Crippen LogP contribution is -2.29. The van der Waals surface area contributed by atoms with Crippen LogP contribution in [0.3, 0.4) is 0 Å². The molecule has 3 nitrogen and oxygen atoms in total. The summed E-state index contributed by atoms with van der Waals surface area (Å²) in [4.78, 5) is 13.8. The van der Waals surface area contributed by atoms with Gasteiger partial charge in [-0.1, -0.05) is 36.4 Å². The van der Waals surface area contributed by atoms with E-state index in [0.29, 0.717) is 6.54 Å². The zero-order valence-electron chi connectivity index (χ0n) is 13.3. The number of methoxy groups -OCH3 is 1. The molecule has 2 aromatic carbocycles. The van der Waals surface area contributed by atoms with Gasteiger partial charge in [0.2, 0.25) is 5.91 Å². The maximum Gasteiger partial charge on any atom is 0.224 e. The second-order valence-corrected chi connectivity index (χ2v) is 5.41. The van der Waals surface area contributed by atoms with E-state index in [1.165, 1.54) is 0 Å². The van der Waals surface area contributed by atoms with E-state index in [0.717, 1.165) is 28.1 Å². The van der Waals surface area contributed by atoms with Gasteiger partial charge in [0.1, 0.15) is 5.75 Å². The van der Waals surface area contributed by atoms with Gasteiger partial charge in [0.15, 0.2) is 0 Å². The fraction of sp³-hybridized carbons (Fsp3) is 0.150. The van der Waals surface area contributed by atoms with E-state index in [2.05, 4.69) is 24.3 Å². The molecule has 1 heterocycles. The quantitative estimate of drug-likeness (QED) is 0.858. The molecule has 3 heteroatoms. The Morgan fingerprint density at radius 2 is 1.70 bits per heavy atom. The molecule has 23 heavy (non-hydrogen) atoms. The zero-order chi connectivity index (χ0) is 16.2. The van der Waals surface area contributed by atoms with Crippen molar-refractivity contribution in [1.29, 1.82) is 0 Å². The third-order valence-electron chi connectivity index (χ3n) is 3.95. The molecule has 116 valence electrons. The fourth-order valence-electron chi connectivity index (χ4n) is 2.70. The Kier molecular flexibility index (Phi) is 4.29. The molecule has 0 saturated heterocycles. The minimum atomic E-state index is 0.0374. The Balaban J connectivity index is 2.01. The summed E-state index contributed by atoms with van der Waals surface area (Å²) < 4.78 is 5.21. The highest BCUT2D eigenvalue weighted by molar-refractivity contribution is 5.93. The molecule has 0 unspecified atom stereocenters. The van der Waals surface area contributed by atoms with Crippen molar-refractivity contribution in [3.05, 3.63) is 77.9 Å². The smallest absolute Gasteiger partial charge is 0.224 e. The van der Waals surface area contributed by atoms with Crippen LogP contribution in [-0.4, -0.2) is 24.5 Å². The highest BCUT2D eigenvalue weighted by Crippen LogP contribution is 2.30. The van der Waals surface area contributed by atoms with Gasteiger partial charge < -0.3 is 9.64 Å². The highest BCUT2D eigenvalue weighted by Gasteiger charge is 2.19. The van der Waals surface area contributed by atoms with Crippen LogP contribution < -0.4 is 4.74 Å². The van der Waals surface area contributed by atoms with Crippen LogP contribution >= 0.6 is 0 Å². The van der Waals surface area contributed by atoms with Gasteiger partial charge in [0.25, 0.3) is 0 Å². The summed E-state index contributed by atoms with van der Waals surface area (Å²) in [5, 5.41) is 0. The predicted octanol–water partition coefficient (Wildman–Crippen LogP) is 3.98. The number of carbonyl (C=O) groups excluding carboxylic acids is 1. The molecule has 0 spiro atoms. The molecule has 2 aromatic rings. The number of rotatable bonds is 3. The van der Waals surface area contributed by atoms with Crippen LogP contribution in [0.4, 0.5) is 0 Å². The maximum atomic E-state index is 12.0. The molecule has 0 saturated carbocycles. The molecule has 0 fully saturated rings. The first-order chi connectivity index (χ1) is 11.2. The number of ether oxygens (including phenoxy) is 1. The van der Waals surface area contributed by atoms with Crippen LogP contribution in [0, 0.1) is 0 Å². The Morgan fingerprint density at radius 3 is 2.30 bits per heavy atom. The van der Waals surface area contributed by atoms with Crippen molar-refractivity contribution < 1.29 is 9.53 Å². The van der Waals surface area contributed by atoms with Crippen molar-refractivity contribution in [2.24, 2.45) is 0 Å². The fourth-order valence-corrected chi connectivity index (χ4v) is 2.70. The van der Waals surface area contributed by atoms with Crippen LogP contribution in [0.2, 0.25) is 0 Å². The standard InChI is InChI=1S/C20H19NO2/c1-15(22)21-13-12-18(16-6-4-3-5-7-16)14-20(21)17-8-10-19(23-2)11-9-17/h3-12,14H,13H2,1-2H3. The number of hydrogen-bond donors (Lipinski definition) is 0. The molecule has 0 radical (unpaired) electrons. The van der Waals surface area contributed by atoms with Crippen LogP contribution in [0.5, 0.6) is 5.75 Å². The second kappa shape index (κ2) is 6.53. The average Bonchev–Trinajstić information content (AvgIpc) is 2.62. The summed E-state index contributed by atoms with van der Waals surface area (Å²) in [6.07, 6.45) is 4.16. The average molecular weight is 305 g/mol. The van der Waals surface area contributed by atoms with E-state index in [1.54, 1.807) is 18.9 Å². The first-order valence-corrected chi connectivity index (χ1v) is 7.59. The monoisotopic (exact) mass is 305 g/mol. The lowest BCUT2D eigenvalue weighted by atomic mass is 9.98. The third kappa shape index (κ3) is 3.19. The lowest BCUT2D eigenvalue weighted by Gasteiger charge is -2.27. The Morgan fingerprint density at radius 1 is 1.00 bits per heavy atom. The minimum absolute atomic E-state index is 0.0374. The Hall–Kier alpha value is -2.81. The van der Waals surface area contributed by atoms with E-state index in [4.69, 9.17) is 4.74 Å². The topological polar surface area (TPSA) is 29.5 Å². The molecule has 0 bridgehead atoms. The number of benzene rings is 2. The molecule has 1 aliphatic heterocycles. The van der Waals surface area contributed by atoms with Crippen molar-refractivity contribution in [2.45, 2.75) is 6.92 Å². The third-order valence-corrected chi connectivity index (χ3v) is 3.95. The SMILES string of the molecule is COc1ccc(C2=CC(c3ccccc3)=CCN2C(C)=O)cc1. The van der Waals surface area contributed by atoms with Crippen molar-refractivity contribution >= 4 is 17.2 Å². The van der Waals surface area contributed by atoms with Gasteiger partial charge in [-0.05, 0) is 47.0 Å². The van der Waals surface area contributed by atoms with Gasteiger partial charge in [0, 0.05) is 13.5 Å². The van der Waals surface area contributed by atoms with Crippen molar-refractivity contribution in [2.75, 3.05) is 13.7 Å². The molecule has 0 aromatic heterocycles. The van der Waals surface area contributed by atoms with Crippen molar-refractivity contribution in [1.82, 2.24) is 4.90 Å². The normalized spacial score (nSPS) is 14.1. The van der Waals surface area contributed by atoms with Crippen molar-refractivity contribution in [3.63, 3.8) is 0 Å². The molecule has 3 rings (SSSR count). The van der Waals surface area contributed by atoms with E-state index in [1.807, 2.05) is 42.5 Å². The van der Waals surface area contributed by atoms with Gasteiger partial charge in [-0.25, -0.2) is 0 Å². The van der Waals surface area contributed by atoms with Gasteiger partial charge in [-0.2, -0.15) is 0 Å².